The number of aryl methyl sites for hydroxylation is 1. The van der Waals surface area contributed by atoms with E-state index in [-0.39, 0.29) is 5.91 Å². The molecule has 2 rings (SSSR count). The number of nitrogens with one attached hydrogen (secondary N) is 1. The van der Waals surface area contributed by atoms with Gasteiger partial charge in [0, 0.05) is 18.8 Å². The minimum atomic E-state index is 0.0858. The van der Waals surface area contributed by atoms with Crippen molar-refractivity contribution in [3.05, 3.63) is 17.5 Å². The summed E-state index contributed by atoms with van der Waals surface area (Å²) in [5.41, 5.74) is 1.64. The molecule has 1 atom stereocenters. The molecule has 1 aliphatic heterocycles. The minimum Gasteiger partial charge on any atom is -0.337 e. The van der Waals surface area contributed by atoms with E-state index in [1.54, 1.807) is 0 Å². The van der Waals surface area contributed by atoms with Gasteiger partial charge in [0.15, 0.2) is 0 Å². The predicted octanol–water partition coefficient (Wildman–Crippen LogP) is 2.62. The summed E-state index contributed by atoms with van der Waals surface area (Å²) >= 11 is 0. The topological polar surface area (TPSA) is 49.0 Å². The summed E-state index contributed by atoms with van der Waals surface area (Å²) in [6, 6.07) is 1.90. The molecular weight excluding hydrogens is 226 g/mol. The van der Waals surface area contributed by atoms with E-state index in [0.29, 0.717) is 5.69 Å². The number of nitrogens with zero attached hydrogens (tertiary/aromatic N) is 2. The lowest BCUT2D eigenvalue weighted by atomic mass is 10.0. The fourth-order valence-electron chi connectivity index (χ4n) is 2.50. The number of aromatic nitrogens is 2. The lowest BCUT2D eigenvalue weighted by Gasteiger charge is -2.18. The monoisotopic (exact) mass is 249 g/mol. The predicted molar refractivity (Wildman–Crippen MR) is 71.5 cm³/mol. The van der Waals surface area contributed by atoms with Crippen LogP contribution in [0.15, 0.2) is 6.07 Å². The van der Waals surface area contributed by atoms with Gasteiger partial charge in [-0.05, 0) is 37.7 Å². The first kappa shape index (κ1) is 13.1. The van der Waals surface area contributed by atoms with Crippen LogP contribution in [-0.2, 0) is 6.42 Å². The maximum atomic E-state index is 12.3. The highest BCUT2D eigenvalue weighted by Gasteiger charge is 2.21. The molecule has 1 aromatic heterocycles. The van der Waals surface area contributed by atoms with Crippen molar-refractivity contribution in [1.29, 1.82) is 0 Å². The molecule has 1 N–H and O–H groups in total. The molecule has 4 heteroatoms. The Bertz CT molecular complexity index is 399. The summed E-state index contributed by atoms with van der Waals surface area (Å²) < 4.78 is 0. The Morgan fingerprint density at radius 3 is 3.11 bits per heavy atom. The van der Waals surface area contributed by atoms with Crippen LogP contribution >= 0.6 is 0 Å². The van der Waals surface area contributed by atoms with Crippen molar-refractivity contribution in [2.24, 2.45) is 5.92 Å². The van der Waals surface area contributed by atoms with Gasteiger partial charge in [-0.25, -0.2) is 0 Å². The molecule has 0 radical (unpaired) electrons. The molecule has 1 fully saturated rings. The smallest absolute Gasteiger partial charge is 0.274 e. The third-order valence-corrected chi connectivity index (χ3v) is 3.67. The highest BCUT2D eigenvalue weighted by Crippen LogP contribution is 2.18. The second-order valence-electron chi connectivity index (χ2n) is 5.36. The van der Waals surface area contributed by atoms with E-state index in [9.17, 15) is 4.79 Å². The molecule has 1 saturated heterocycles. The van der Waals surface area contributed by atoms with Gasteiger partial charge in [-0.2, -0.15) is 5.10 Å². The number of hydrogen-bond donors (Lipinski definition) is 1. The SMILES string of the molecule is CCCc1cc(C(=O)N2CCCC(C)CC2)n[nH]1. The lowest BCUT2D eigenvalue weighted by molar-refractivity contribution is 0.0754. The number of carbonyl (C=O) groups excluding carboxylic acids is 1. The molecule has 0 bridgehead atoms. The van der Waals surface area contributed by atoms with Crippen molar-refractivity contribution < 1.29 is 4.79 Å². The van der Waals surface area contributed by atoms with Crippen LogP contribution in [0, 0.1) is 5.92 Å². The number of H-pyrrole nitrogens is 1. The Morgan fingerprint density at radius 1 is 1.50 bits per heavy atom. The van der Waals surface area contributed by atoms with Crippen LogP contribution in [0.5, 0.6) is 0 Å². The van der Waals surface area contributed by atoms with Gasteiger partial charge in [0.1, 0.15) is 5.69 Å². The molecule has 18 heavy (non-hydrogen) atoms. The maximum Gasteiger partial charge on any atom is 0.274 e. The average molecular weight is 249 g/mol. The van der Waals surface area contributed by atoms with E-state index >= 15 is 0 Å². The number of amides is 1. The highest BCUT2D eigenvalue weighted by molar-refractivity contribution is 5.92. The zero-order valence-electron chi connectivity index (χ0n) is 11.4. The van der Waals surface area contributed by atoms with Gasteiger partial charge in [0.05, 0.1) is 0 Å². The van der Waals surface area contributed by atoms with Gasteiger partial charge in [-0.1, -0.05) is 20.3 Å². The molecule has 100 valence electrons. The van der Waals surface area contributed by atoms with Crippen LogP contribution < -0.4 is 0 Å². The Balaban J connectivity index is 2.00. The van der Waals surface area contributed by atoms with E-state index in [1.807, 2.05) is 11.0 Å². The van der Waals surface area contributed by atoms with Crippen LogP contribution in [0.4, 0.5) is 0 Å². The zero-order valence-corrected chi connectivity index (χ0v) is 11.4. The average Bonchev–Trinajstić information content (AvgIpc) is 2.71. The molecule has 0 aromatic carbocycles. The van der Waals surface area contributed by atoms with Gasteiger partial charge in [0.2, 0.25) is 0 Å². The molecular formula is C14H23N3O. The van der Waals surface area contributed by atoms with Crippen molar-refractivity contribution in [2.75, 3.05) is 13.1 Å². The van der Waals surface area contributed by atoms with Gasteiger partial charge < -0.3 is 4.90 Å². The van der Waals surface area contributed by atoms with Crippen molar-refractivity contribution in [1.82, 2.24) is 15.1 Å². The number of aromatic amines is 1. The summed E-state index contributed by atoms with van der Waals surface area (Å²) in [5.74, 6) is 0.820. The van der Waals surface area contributed by atoms with Gasteiger partial charge in [-0.15, -0.1) is 0 Å². The first-order valence-corrected chi connectivity index (χ1v) is 7.04. The summed E-state index contributed by atoms with van der Waals surface area (Å²) in [6.45, 7) is 6.13. The quantitative estimate of drug-likeness (QED) is 0.895. The molecule has 1 aromatic rings. The standard InChI is InChI=1S/C14H23N3O/c1-3-5-12-10-13(16-15-12)14(18)17-8-4-6-11(2)7-9-17/h10-11H,3-9H2,1-2H3,(H,15,16). The molecule has 1 unspecified atom stereocenters. The Labute approximate surface area is 109 Å². The first-order chi connectivity index (χ1) is 8.70. The van der Waals surface area contributed by atoms with E-state index < -0.39 is 0 Å². The Kier molecular flexibility index (Phi) is 4.39. The largest absolute Gasteiger partial charge is 0.337 e. The summed E-state index contributed by atoms with van der Waals surface area (Å²) in [6.07, 6.45) is 5.47. The summed E-state index contributed by atoms with van der Waals surface area (Å²) in [7, 11) is 0. The van der Waals surface area contributed by atoms with Crippen molar-refractivity contribution in [3.63, 3.8) is 0 Å². The highest BCUT2D eigenvalue weighted by atomic mass is 16.2. The normalized spacial score (nSPS) is 20.8. The number of rotatable bonds is 3. The second kappa shape index (κ2) is 6.03. The second-order valence-corrected chi connectivity index (χ2v) is 5.36. The third-order valence-electron chi connectivity index (χ3n) is 3.67. The molecule has 2 heterocycles. The van der Waals surface area contributed by atoms with Crippen molar-refractivity contribution in [3.8, 4) is 0 Å². The summed E-state index contributed by atoms with van der Waals surface area (Å²) in [5, 5.41) is 7.10. The fourth-order valence-corrected chi connectivity index (χ4v) is 2.50. The molecule has 4 nitrogen and oxygen atoms in total. The fraction of sp³-hybridized carbons (Fsp3) is 0.714. The first-order valence-electron chi connectivity index (χ1n) is 7.04. The molecule has 0 saturated carbocycles. The molecule has 1 amide bonds. The number of carbonyl (C=O) groups is 1. The zero-order chi connectivity index (χ0) is 13.0. The molecule has 0 aliphatic carbocycles. The van der Waals surface area contributed by atoms with Gasteiger partial charge in [-0.3, -0.25) is 9.89 Å². The number of likely N-dealkylation sites (tertiary alicyclic amines) is 1. The number of hydrogen-bond acceptors (Lipinski definition) is 2. The maximum absolute atomic E-state index is 12.3. The Morgan fingerprint density at radius 2 is 2.33 bits per heavy atom. The molecule has 0 spiro atoms. The lowest BCUT2D eigenvalue weighted by Crippen LogP contribution is -2.32. The van der Waals surface area contributed by atoms with Crippen molar-refractivity contribution in [2.45, 2.75) is 46.0 Å². The van der Waals surface area contributed by atoms with Crippen LogP contribution in [0.25, 0.3) is 0 Å². The van der Waals surface area contributed by atoms with E-state index in [2.05, 4.69) is 24.0 Å². The van der Waals surface area contributed by atoms with E-state index in [1.165, 1.54) is 6.42 Å². The summed E-state index contributed by atoms with van der Waals surface area (Å²) in [4.78, 5) is 14.3. The van der Waals surface area contributed by atoms with Crippen LogP contribution in [0.2, 0.25) is 0 Å². The molecule has 1 aliphatic rings. The van der Waals surface area contributed by atoms with E-state index in [0.717, 1.165) is 50.4 Å². The van der Waals surface area contributed by atoms with Gasteiger partial charge in [0.25, 0.3) is 5.91 Å². The van der Waals surface area contributed by atoms with Crippen LogP contribution in [-0.4, -0.2) is 34.1 Å². The third kappa shape index (κ3) is 3.12. The Hall–Kier alpha value is -1.32. The van der Waals surface area contributed by atoms with Gasteiger partial charge >= 0.3 is 0 Å². The van der Waals surface area contributed by atoms with Crippen molar-refractivity contribution >= 4 is 5.91 Å². The van der Waals surface area contributed by atoms with Crippen LogP contribution in [0.3, 0.4) is 0 Å². The minimum absolute atomic E-state index is 0.0858. The van der Waals surface area contributed by atoms with E-state index in [4.69, 9.17) is 0 Å². The van der Waals surface area contributed by atoms with Crippen LogP contribution in [0.1, 0.15) is 55.7 Å².